The number of nitrogens with zero attached hydrogens (tertiary/aromatic N) is 5. The molecule has 6 rings (SSSR count). The minimum Gasteiger partial charge on any atom is -0.507 e. The zero-order valence-electron chi connectivity index (χ0n) is 22.7. The quantitative estimate of drug-likeness (QED) is 0.299. The first-order valence-corrected chi connectivity index (χ1v) is 13.9. The highest BCUT2D eigenvalue weighted by atomic mass is 16.5. The first-order chi connectivity index (χ1) is 18.9. The van der Waals surface area contributed by atoms with E-state index in [-0.39, 0.29) is 17.6 Å². The Hall–Kier alpha value is -3.88. The van der Waals surface area contributed by atoms with E-state index in [1.807, 2.05) is 38.1 Å². The van der Waals surface area contributed by atoms with Crippen LogP contribution in [-0.2, 0) is 9.53 Å². The second-order valence-corrected chi connectivity index (χ2v) is 11.1. The summed E-state index contributed by atoms with van der Waals surface area (Å²) in [7, 11) is 1.40. The van der Waals surface area contributed by atoms with Gasteiger partial charge in [-0.05, 0) is 62.3 Å². The largest absolute Gasteiger partial charge is 0.507 e. The maximum Gasteiger partial charge on any atom is 0.316 e. The number of aromatic nitrogens is 4. The Labute approximate surface area is 227 Å². The monoisotopic (exact) mass is 529 g/mol. The van der Waals surface area contributed by atoms with Crippen molar-refractivity contribution in [1.29, 1.82) is 0 Å². The third-order valence-electron chi connectivity index (χ3n) is 8.42. The van der Waals surface area contributed by atoms with Crippen molar-refractivity contribution in [3.05, 3.63) is 53.9 Å². The number of fused-ring (bicyclic) bond motifs is 1. The number of carbonyl (C=O) groups excluding carboxylic acids is 1. The highest BCUT2D eigenvalue weighted by molar-refractivity contribution is 5.82. The van der Waals surface area contributed by atoms with Crippen LogP contribution in [0, 0.1) is 5.92 Å². The molecule has 2 fully saturated rings. The van der Waals surface area contributed by atoms with Crippen molar-refractivity contribution in [3.8, 4) is 17.0 Å². The van der Waals surface area contributed by atoms with Crippen molar-refractivity contribution in [1.82, 2.24) is 19.9 Å². The molecule has 0 spiro atoms. The summed E-state index contributed by atoms with van der Waals surface area (Å²) in [6, 6.07) is 13.9. The number of para-hydroxylation sites is 1. The van der Waals surface area contributed by atoms with E-state index in [1.165, 1.54) is 32.1 Å². The summed E-state index contributed by atoms with van der Waals surface area (Å²) >= 11 is 0. The summed E-state index contributed by atoms with van der Waals surface area (Å²) in [5.74, 6) is 1.22. The number of rotatable bonds is 7. The van der Waals surface area contributed by atoms with Crippen LogP contribution in [0.25, 0.3) is 22.3 Å². The number of anilines is 1. The lowest BCUT2D eigenvalue weighted by Crippen LogP contribution is -2.34. The molecular formula is C30H35N5O4. The predicted octanol–water partition coefficient (Wildman–Crippen LogP) is 5.81. The summed E-state index contributed by atoms with van der Waals surface area (Å²) in [5, 5.41) is 23.7. The lowest BCUT2D eigenvalue weighted by molar-refractivity contribution is -0.144. The molecule has 1 saturated carbocycles. The van der Waals surface area contributed by atoms with E-state index in [1.54, 1.807) is 6.07 Å². The third kappa shape index (κ3) is 4.64. The Kier molecular flexibility index (Phi) is 6.74. The first-order valence-electron chi connectivity index (χ1n) is 13.9. The average molecular weight is 530 g/mol. The highest BCUT2D eigenvalue weighted by Gasteiger charge is 2.33. The molecule has 39 heavy (non-hydrogen) atoms. The number of ether oxygens (including phenoxy) is 1. The van der Waals surface area contributed by atoms with Crippen molar-refractivity contribution in [2.24, 2.45) is 5.92 Å². The molecule has 0 radical (unpaired) electrons. The summed E-state index contributed by atoms with van der Waals surface area (Å²) < 4.78 is 13.1. The summed E-state index contributed by atoms with van der Waals surface area (Å²) in [6.45, 7) is 5.66. The number of aromatic hydroxyl groups is 1. The Morgan fingerprint density at radius 1 is 1.08 bits per heavy atom. The number of benzene rings is 1. The van der Waals surface area contributed by atoms with Gasteiger partial charge in [0.2, 0.25) is 0 Å². The zero-order chi connectivity index (χ0) is 27.1. The van der Waals surface area contributed by atoms with E-state index in [4.69, 9.17) is 9.26 Å². The van der Waals surface area contributed by atoms with E-state index in [2.05, 4.69) is 37.0 Å². The predicted molar refractivity (Wildman–Crippen MR) is 148 cm³/mol. The fourth-order valence-electron chi connectivity index (χ4n) is 6.05. The van der Waals surface area contributed by atoms with Crippen LogP contribution in [0.4, 0.5) is 5.82 Å². The SMILES string of the molecule is COC(=O)C(c1cc(N2CCC(c3cc4nnc(-c5ccccc5O)cc4n3C3CCC3)CC2)no1)C(C)C. The van der Waals surface area contributed by atoms with Gasteiger partial charge in [-0.2, -0.15) is 0 Å². The van der Waals surface area contributed by atoms with E-state index in [9.17, 15) is 9.90 Å². The minimum absolute atomic E-state index is 0.0480. The molecule has 9 heteroatoms. The van der Waals surface area contributed by atoms with Crippen molar-refractivity contribution < 1.29 is 19.2 Å². The fraction of sp³-hybridized carbons (Fsp3) is 0.467. The van der Waals surface area contributed by atoms with Crippen molar-refractivity contribution in [3.63, 3.8) is 0 Å². The highest BCUT2D eigenvalue weighted by Crippen LogP contribution is 2.42. The fourth-order valence-corrected chi connectivity index (χ4v) is 6.05. The maximum absolute atomic E-state index is 12.3. The third-order valence-corrected chi connectivity index (χ3v) is 8.42. The molecule has 2 aliphatic rings. The van der Waals surface area contributed by atoms with Gasteiger partial charge >= 0.3 is 5.97 Å². The van der Waals surface area contributed by atoms with Gasteiger partial charge in [0, 0.05) is 42.4 Å². The molecular weight excluding hydrogens is 494 g/mol. The maximum atomic E-state index is 12.3. The summed E-state index contributed by atoms with van der Waals surface area (Å²) in [5.41, 5.74) is 4.71. The Morgan fingerprint density at radius 2 is 1.85 bits per heavy atom. The van der Waals surface area contributed by atoms with Crippen molar-refractivity contribution >= 4 is 22.8 Å². The van der Waals surface area contributed by atoms with E-state index >= 15 is 0 Å². The molecule has 1 aliphatic carbocycles. The second kappa shape index (κ2) is 10.4. The Balaban J connectivity index is 1.25. The van der Waals surface area contributed by atoms with Crippen LogP contribution in [-0.4, -0.2) is 51.2 Å². The number of phenols is 1. The van der Waals surface area contributed by atoms with Crippen LogP contribution in [0.2, 0.25) is 0 Å². The number of carbonyl (C=O) groups is 1. The second-order valence-electron chi connectivity index (χ2n) is 11.1. The van der Waals surface area contributed by atoms with Crippen LogP contribution >= 0.6 is 0 Å². The molecule has 9 nitrogen and oxygen atoms in total. The van der Waals surface area contributed by atoms with Crippen LogP contribution in [0.1, 0.15) is 75.3 Å². The van der Waals surface area contributed by atoms with Crippen LogP contribution in [0.3, 0.4) is 0 Å². The Bertz CT molecular complexity index is 1480. The van der Waals surface area contributed by atoms with E-state index < -0.39 is 5.92 Å². The molecule has 0 bridgehead atoms. The molecule has 1 saturated heterocycles. The molecule has 4 heterocycles. The normalized spacial score (nSPS) is 17.5. The number of esters is 1. The van der Waals surface area contributed by atoms with Gasteiger partial charge in [0.1, 0.15) is 17.2 Å². The van der Waals surface area contributed by atoms with Crippen molar-refractivity contribution in [2.75, 3.05) is 25.1 Å². The minimum atomic E-state index is -0.462. The summed E-state index contributed by atoms with van der Waals surface area (Å²) in [4.78, 5) is 14.5. The molecule has 1 aromatic carbocycles. The molecule has 0 amide bonds. The molecule has 1 N–H and O–H groups in total. The number of hydrogen-bond donors (Lipinski definition) is 1. The van der Waals surface area contributed by atoms with E-state index in [0.717, 1.165) is 42.8 Å². The number of methoxy groups -OCH3 is 1. The number of hydrogen-bond acceptors (Lipinski definition) is 8. The van der Waals surface area contributed by atoms with Crippen LogP contribution in [0.5, 0.6) is 5.75 Å². The van der Waals surface area contributed by atoms with Gasteiger partial charge in [0.15, 0.2) is 11.6 Å². The van der Waals surface area contributed by atoms with Gasteiger partial charge < -0.3 is 23.8 Å². The summed E-state index contributed by atoms with van der Waals surface area (Å²) in [6.07, 6.45) is 5.54. The molecule has 3 aromatic heterocycles. The van der Waals surface area contributed by atoms with Gasteiger partial charge in [0.25, 0.3) is 0 Å². The standard InChI is InChI=1S/C30H35N5O4/c1-18(2)29(30(37)38-3)27-17-28(33-39-27)34-13-11-19(12-14-34)24-16-23-25(35(24)20-7-6-8-20)15-22(31-32-23)21-9-4-5-10-26(21)36/h4-5,9-10,15-20,29,36H,6-8,11-14H2,1-3H3. The number of phenolic OH excluding ortho intramolecular Hbond substituents is 1. The first kappa shape index (κ1) is 25.4. The molecule has 1 unspecified atom stereocenters. The average Bonchev–Trinajstić information content (AvgIpc) is 3.53. The molecule has 4 aromatic rings. The molecule has 1 atom stereocenters. The smallest absolute Gasteiger partial charge is 0.316 e. The van der Waals surface area contributed by atoms with Crippen LogP contribution in [0.15, 0.2) is 47.0 Å². The Morgan fingerprint density at radius 3 is 2.51 bits per heavy atom. The van der Waals surface area contributed by atoms with Gasteiger partial charge in [-0.15, -0.1) is 10.2 Å². The van der Waals surface area contributed by atoms with Gasteiger partial charge in [0.05, 0.1) is 18.3 Å². The zero-order valence-corrected chi connectivity index (χ0v) is 22.7. The van der Waals surface area contributed by atoms with Crippen molar-refractivity contribution in [2.45, 2.75) is 63.8 Å². The lowest BCUT2D eigenvalue weighted by atomic mass is 9.89. The molecule has 204 valence electrons. The molecule has 1 aliphatic heterocycles. The van der Waals surface area contributed by atoms with Gasteiger partial charge in [-0.25, -0.2) is 0 Å². The van der Waals surface area contributed by atoms with E-state index in [0.29, 0.717) is 29.0 Å². The number of piperidine rings is 1. The van der Waals surface area contributed by atoms with Gasteiger partial charge in [-0.3, -0.25) is 4.79 Å². The van der Waals surface area contributed by atoms with Crippen LogP contribution < -0.4 is 4.90 Å². The van der Waals surface area contributed by atoms with Gasteiger partial charge in [-0.1, -0.05) is 31.1 Å². The topological polar surface area (TPSA) is 107 Å². The lowest BCUT2D eigenvalue weighted by Gasteiger charge is -2.35.